The SMILES string of the molecule is [B]c1cc(-n2c3ccccc3c3cc(-c4cccc5c6ccccc6n(-c6ccccc6)c45)ccc32)cc2c1sc1ccccc12. The first-order valence-electron chi connectivity index (χ1n) is 15.6. The maximum atomic E-state index is 6.76. The molecule has 3 heterocycles. The van der Waals surface area contributed by atoms with Crippen LogP contribution < -0.4 is 5.46 Å². The van der Waals surface area contributed by atoms with Crippen LogP contribution >= 0.6 is 11.3 Å². The Balaban J connectivity index is 1.25. The highest BCUT2D eigenvalue weighted by atomic mass is 32.1. The van der Waals surface area contributed by atoms with Gasteiger partial charge in [0.15, 0.2) is 0 Å². The number of aromatic nitrogens is 2. The third-order valence-electron chi connectivity index (χ3n) is 9.44. The molecule has 0 aliphatic rings. The summed E-state index contributed by atoms with van der Waals surface area (Å²) in [5, 5.41) is 7.42. The van der Waals surface area contributed by atoms with Gasteiger partial charge in [0.1, 0.15) is 7.85 Å². The lowest BCUT2D eigenvalue weighted by atomic mass is 9.93. The Kier molecular flexibility index (Phi) is 5.43. The summed E-state index contributed by atoms with van der Waals surface area (Å²) in [6, 6.07) is 54.8. The number of para-hydroxylation sites is 4. The van der Waals surface area contributed by atoms with E-state index in [4.69, 9.17) is 7.85 Å². The molecule has 0 atom stereocenters. The van der Waals surface area contributed by atoms with Gasteiger partial charge < -0.3 is 9.13 Å². The fourth-order valence-electron chi connectivity index (χ4n) is 7.48. The molecule has 4 heteroatoms. The van der Waals surface area contributed by atoms with E-state index in [0.717, 1.165) is 21.5 Å². The van der Waals surface area contributed by atoms with Crippen LogP contribution in [-0.2, 0) is 0 Å². The molecule has 0 N–H and O–H groups in total. The van der Waals surface area contributed by atoms with Crippen molar-refractivity contribution < 1.29 is 0 Å². The van der Waals surface area contributed by atoms with E-state index in [2.05, 4.69) is 161 Å². The second-order valence-electron chi connectivity index (χ2n) is 12.0. The Bertz CT molecular complexity index is 2820. The van der Waals surface area contributed by atoms with E-state index >= 15 is 0 Å². The molecule has 212 valence electrons. The van der Waals surface area contributed by atoms with E-state index in [0.29, 0.717) is 0 Å². The van der Waals surface area contributed by atoms with Gasteiger partial charge in [-0.25, -0.2) is 0 Å². The lowest BCUT2D eigenvalue weighted by Crippen LogP contribution is -2.05. The molecule has 0 unspecified atom stereocenters. The molecule has 2 nitrogen and oxygen atoms in total. The third-order valence-corrected chi connectivity index (χ3v) is 10.7. The summed E-state index contributed by atoms with van der Waals surface area (Å²) in [5.74, 6) is 0. The van der Waals surface area contributed by atoms with Crippen molar-refractivity contribution in [3.05, 3.63) is 152 Å². The largest absolute Gasteiger partial charge is 0.309 e. The molecule has 0 fully saturated rings. The highest BCUT2D eigenvalue weighted by Crippen LogP contribution is 2.41. The molecule has 10 rings (SSSR count). The second-order valence-corrected chi connectivity index (χ2v) is 13.0. The van der Waals surface area contributed by atoms with Crippen molar-refractivity contribution in [2.45, 2.75) is 0 Å². The molecule has 0 spiro atoms. The van der Waals surface area contributed by atoms with Gasteiger partial charge >= 0.3 is 0 Å². The number of benzene rings is 7. The van der Waals surface area contributed by atoms with Crippen LogP contribution in [0.15, 0.2) is 152 Å². The van der Waals surface area contributed by atoms with Gasteiger partial charge in [0.25, 0.3) is 0 Å². The summed E-state index contributed by atoms with van der Waals surface area (Å²) >= 11 is 1.77. The smallest absolute Gasteiger partial charge is 0.115 e. The fourth-order valence-corrected chi connectivity index (χ4v) is 8.59. The summed E-state index contributed by atoms with van der Waals surface area (Å²) in [6.07, 6.45) is 0. The van der Waals surface area contributed by atoms with Gasteiger partial charge in [-0.05, 0) is 60.2 Å². The highest BCUT2D eigenvalue weighted by Gasteiger charge is 2.19. The molecule has 2 radical (unpaired) electrons. The van der Waals surface area contributed by atoms with Gasteiger partial charge in [0.2, 0.25) is 0 Å². The summed E-state index contributed by atoms with van der Waals surface area (Å²) in [6.45, 7) is 0. The number of nitrogens with zero attached hydrogens (tertiary/aromatic N) is 2. The minimum atomic E-state index is 0.816. The summed E-state index contributed by atoms with van der Waals surface area (Å²) in [7, 11) is 6.76. The van der Waals surface area contributed by atoms with Crippen molar-refractivity contribution in [2.24, 2.45) is 0 Å². The van der Waals surface area contributed by atoms with Crippen LogP contribution in [0.4, 0.5) is 0 Å². The minimum Gasteiger partial charge on any atom is -0.309 e. The lowest BCUT2D eigenvalue weighted by Gasteiger charge is -2.13. The van der Waals surface area contributed by atoms with Gasteiger partial charge in [-0.2, -0.15) is 0 Å². The van der Waals surface area contributed by atoms with E-state index in [1.54, 1.807) is 11.3 Å². The van der Waals surface area contributed by atoms with Crippen LogP contribution in [0.1, 0.15) is 0 Å². The Labute approximate surface area is 270 Å². The lowest BCUT2D eigenvalue weighted by molar-refractivity contribution is 1.18. The Hall–Kier alpha value is -5.58. The molecular weight excluding hydrogens is 575 g/mol. The van der Waals surface area contributed by atoms with Gasteiger partial charge in [-0.15, -0.1) is 11.3 Å². The number of rotatable bonds is 3. The van der Waals surface area contributed by atoms with Gasteiger partial charge in [-0.1, -0.05) is 103 Å². The fraction of sp³-hybridized carbons (Fsp3) is 0. The topological polar surface area (TPSA) is 9.86 Å². The predicted octanol–water partition coefficient (Wildman–Crippen LogP) is 10.7. The molecule has 0 aliphatic carbocycles. The average Bonchev–Trinajstić information content (AvgIpc) is 3.76. The van der Waals surface area contributed by atoms with Crippen molar-refractivity contribution in [2.75, 3.05) is 0 Å². The molecule has 0 bridgehead atoms. The Morgan fingerprint density at radius 2 is 1.09 bits per heavy atom. The van der Waals surface area contributed by atoms with Crippen molar-refractivity contribution in [3.8, 4) is 22.5 Å². The summed E-state index contributed by atoms with van der Waals surface area (Å²) in [4.78, 5) is 0. The molecular formula is C42H25BN2S. The second kappa shape index (κ2) is 9.71. The standard InChI is InChI=1S/C42H25BN2S/c43-36-25-28(24-35-32-15-6-9-20-40(32)46-42(35)36)44-37-18-7-5-14-31(37)34-23-26(21-22-39(34)44)29-16-10-17-33-30-13-4-8-19-38(30)45(41(29)33)27-11-2-1-3-12-27/h1-25H. The Morgan fingerprint density at radius 1 is 0.435 bits per heavy atom. The molecule has 46 heavy (non-hydrogen) atoms. The minimum absolute atomic E-state index is 0.816. The monoisotopic (exact) mass is 600 g/mol. The summed E-state index contributed by atoms with van der Waals surface area (Å²) < 4.78 is 7.19. The van der Waals surface area contributed by atoms with Crippen LogP contribution in [0.5, 0.6) is 0 Å². The van der Waals surface area contributed by atoms with E-state index < -0.39 is 0 Å². The quantitative estimate of drug-likeness (QED) is 0.179. The maximum absolute atomic E-state index is 6.76. The number of hydrogen-bond acceptors (Lipinski definition) is 1. The van der Waals surface area contributed by atoms with Crippen LogP contribution in [-0.4, -0.2) is 17.0 Å². The highest BCUT2D eigenvalue weighted by molar-refractivity contribution is 7.26. The molecule has 7 aromatic carbocycles. The third kappa shape index (κ3) is 3.59. The molecule has 0 aliphatic heterocycles. The normalized spacial score (nSPS) is 12.0. The van der Waals surface area contributed by atoms with Crippen LogP contribution in [0.25, 0.3) is 86.3 Å². The zero-order valence-electron chi connectivity index (χ0n) is 24.8. The zero-order chi connectivity index (χ0) is 30.4. The maximum Gasteiger partial charge on any atom is 0.115 e. The Morgan fingerprint density at radius 3 is 1.91 bits per heavy atom. The van der Waals surface area contributed by atoms with Crippen molar-refractivity contribution in [3.63, 3.8) is 0 Å². The molecule has 10 aromatic rings. The van der Waals surface area contributed by atoms with Crippen molar-refractivity contribution >= 4 is 88.4 Å². The van der Waals surface area contributed by atoms with Gasteiger partial charge in [0, 0.05) is 58.7 Å². The average molecular weight is 601 g/mol. The van der Waals surface area contributed by atoms with Gasteiger partial charge in [-0.3, -0.25) is 0 Å². The molecule has 0 amide bonds. The number of hydrogen-bond donors (Lipinski definition) is 0. The van der Waals surface area contributed by atoms with E-state index in [1.807, 2.05) is 0 Å². The van der Waals surface area contributed by atoms with Crippen LogP contribution in [0.2, 0.25) is 0 Å². The number of thiophene rings is 1. The molecule has 0 saturated carbocycles. The van der Waals surface area contributed by atoms with Crippen molar-refractivity contribution in [1.29, 1.82) is 0 Å². The van der Waals surface area contributed by atoms with E-state index in [-0.39, 0.29) is 0 Å². The van der Waals surface area contributed by atoms with Crippen LogP contribution in [0.3, 0.4) is 0 Å². The molecule has 3 aromatic heterocycles. The first-order chi connectivity index (χ1) is 22.7. The first kappa shape index (κ1) is 25.7. The van der Waals surface area contributed by atoms with Gasteiger partial charge in [0.05, 0.1) is 22.1 Å². The van der Waals surface area contributed by atoms with E-state index in [1.165, 1.54) is 70.2 Å². The van der Waals surface area contributed by atoms with Crippen LogP contribution in [0, 0.1) is 0 Å². The zero-order valence-corrected chi connectivity index (χ0v) is 25.6. The van der Waals surface area contributed by atoms with Crippen molar-refractivity contribution in [1.82, 2.24) is 9.13 Å². The summed E-state index contributed by atoms with van der Waals surface area (Å²) in [5.41, 5.74) is 10.2. The molecule has 0 saturated heterocycles. The first-order valence-corrected chi connectivity index (χ1v) is 16.4. The predicted molar refractivity (Wildman–Crippen MR) is 199 cm³/mol. The van der Waals surface area contributed by atoms with E-state index in [9.17, 15) is 0 Å². The number of fused-ring (bicyclic) bond motifs is 9.